The van der Waals surface area contributed by atoms with Crippen molar-refractivity contribution in [3.05, 3.63) is 54.4 Å². The number of nitrogens with zero attached hydrogens (tertiary/aromatic N) is 4. The van der Waals surface area contributed by atoms with Crippen LogP contribution in [0.1, 0.15) is 10.5 Å². The number of aromatic nitrogens is 2. The molecule has 0 spiro atoms. The van der Waals surface area contributed by atoms with Gasteiger partial charge in [-0.15, -0.1) is 10.2 Å². The summed E-state index contributed by atoms with van der Waals surface area (Å²) in [6.07, 6.45) is 1.65. The van der Waals surface area contributed by atoms with Crippen LogP contribution in [0.15, 0.2) is 58.9 Å². The number of carboxylic acids is 1. The number of fused-ring (bicyclic) bond motifs is 1. The van der Waals surface area contributed by atoms with E-state index in [0.717, 1.165) is 0 Å². The summed E-state index contributed by atoms with van der Waals surface area (Å²) in [5, 5.41) is 26.7. The smallest absolute Gasteiger partial charge is 0.358 e. The van der Waals surface area contributed by atoms with E-state index in [1.54, 1.807) is 42.6 Å². The molecule has 1 aromatic carbocycles. The zero-order valence-electron chi connectivity index (χ0n) is 10.7. The highest BCUT2D eigenvalue weighted by Crippen LogP contribution is 2.28. The SMILES string of the molecule is O=C(O)c1nc2ccccn2c1N=Nc1ccccc1O. The molecule has 0 unspecified atom stereocenters. The van der Waals surface area contributed by atoms with Crippen molar-refractivity contribution in [2.24, 2.45) is 10.2 Å². The Bertz CT molecular complexity index is 854. The van der Waals surface area contributed by atoms with Gasteiger partial charge in [0.05, 0.1) is 0 Å². The lowest BCUT2D eigenvalue weighted by atomic mass is 10.3. The van der Waals surface area contributed by atoms with Gasteiger partial charge in [-0.25, -0.2) is 9.78 Å². The Morgan fingerprint density at radius 3 is 2.62 bits per heavy atom. The van der Waals surface area contributed by atoms with Crippen LogP contribution in [0.5, 0.6) is 5.75 Å². The fourth-order valence-electron chi connectivity index (χ4n) is 1.87. The van der Waals surface area contributed by atoms with Crippen LogP contribution >= 0.6 is 0 Å². The van der Waals surface area contributed by atoms with Crippen molar-refractivity contribution in [3.8, 4) is 5.75 Å². The molecular weight excluding hydrogens is 272 g/mol. The molecule has 2 heterocycles. The van der Waals surface area contributed by atoms with Crippen LogP contribution in [-0.4, -0.2) is 25.6 Å². The van der Waals surface area contributed by atoms with E-state index in [9.17, 15) is 15.0 Å². The Morgan fingerprint density at radius 1 is 1.10 bits per heavy atom. The van der Waals surface area contributed by atoms with Gasteiger partial charge in [-0.3, -0.25) is 4.40 Å². The van der Waals surface area contributed by atoms with E-state index in [0.29, 0.717) is 5.65 Å². The molecule has 0 atom stereocenters. The molecule has 3 rings (SSSR count). The van der Waals surface area contributed by atoms with Crippen molar-refractivity contribution in [2.75, 3.05) is 0 Å². The molecule has 0 saturated carbocycles. The standard InChI is InChI=1S/C14H10N4O3/c19-10-6-2-1-5-9(10)16-17-13-12(14(20)21)15-11-7-3-4-8-18(11)13/h1-8,19H,(H,20,21). The highest BCUT2D eigenvalue weighted by atomic mass is 16.4. The van der Waals surface area contributed by atoms with Crippen LogP contribution in [0.3, 0.4) is 0 Å². The quantitative estimate of drug-likeness (QED) is 0.720. The van der Waals surface area contributed by atoms with E-state index in [4.69, 9.17) is 0 Å². The highest BCUT2D eigenvalue weighted by molar-refractivity contribution is 5.91. The highest BCUT2D eigenvalue weighted by Gasteiger charge is 2.17. The molecule has 0 saturated heterocycles. The number of carboxylic acid groups (broad SMARTS) is 1. The number of aromatic hydroxyl groups is 1. The topological polar surface area (TPSA) is 99.5 Å². The molecule has 0 bridgehead atoms. The molecule has 0 amide bonds. The number of azo groups is 1. The Labute approximate surface area is 118 Å². The van der Waals surface area contributed by atoms with Crippen LogP contribution in [0.2, 0.25) is 0 Å². The second kappa shape index (κ2) is 5.04. The summed E-state index contributed by atoms with van der Waals surface area (Å²) in [5.41, 5.74) is 0.515. The van der Waals surface area contributed by atoms with Gasteiger partial charge in [0.2, 0.25) is 0 Å². The maximum absolute atomic E-state index is 11.2. The van der Waals surface area contributed by atoms with Crippen molar-refractivity contribution in [1.29, 1.82) is 0 Å². The van der Waals surface area contributed by atoms with E-state index < -0.39 is 5.97 Å². The van der Waals surface area contributed by atoms with Crippen molar-refractivity contribution in [1.82, 2.24) is 9.38 Å². The molecule has 104 valence electrons. The summed E-state index contributed by atoms with van der Waals surface area (Å²) in [6, 6.07) is 11.6. The van der Waals surface area contributed by atoms with Crippen molar-refractivity contribution in [3.63, 3.8) is 0 Å². The zero-order chi connectivity index (χ0) is 14.8. The van der Waals surface area contributed by atoms with Gasteiger partial charge < -0.3 is 10.2 Å². The number of carbonyl (C=O) groups is 1. The van der Waals surface area contributed by atoms with Gasteiger partial charge in [0.15, 0.2) is 11.5 Å². The Morgan fingerprint density at radius 2 is 1.86 bits per heavy atom. The predicted molar refractivity (Wildman–Crippen MR) is 74.4 cm³/mol. The minimum atomic E-state index is -1.19. The Hall–Kier alpha value is -3.22. The summed E-state index contributed by atoms with van der Waals surface area (Å²) in [6.45, 7) is 0. The first-order chi connectivity index (χ1) is 10.2. The van der Waals surface area contributed by atoms with Gasteiger partial charge in [0.25, 0.3) is 0 Å². The van der Waals surface area contributed by atoms with Gasteiger partial charge >= 0.3 is 5.97 Å². The van der Waals surface area contributed by atoms with Crippen LogP contribution < -0.4 is 0 Å². The molecule has 2 aromatic heterocycles. The van der Waals surface area contributed by atoms with E-state index >= 15 is 0 Å². The van der Waals surface area contributed by atoms with E-state index in [1.807, 2.05) is 0 Å². The molecule has 0 aliphatic heterocycles. The summed E-state index contributed by atoms with van der Waals surface area (Å²) in [5.74, 6) is -1.13. The molecule has 21 heavy (non-hydrogen) atoms. The molecular formula is C14H10N4O3. The van der Waals surface area contributed by atoms with Crippen LogP contribution in [0.4, 0.5) is 11.5 Å². The van der Waals surface area contributed by atoms with Gasteiger partial charge in [-0.2, -0.15) is 0 Å². The number of pyridine rings is 1. The lowest BCUT2D eigenvalue weighted by molar-refractivity contribution is 0.0692. The van der Waals surface area contributed by atoms with Crippen molar-refractivity contribution in [2.45, 2.75) is 0 Å². The van der Waals surface area contributed by atoms with Crippen LogP contribution in [0, 0.1) is 0 Å². The lowest BCUT2D eigenvalue weighted by Gasteiger charge is -1.97. The number of aromatic carboxylic acids is 1. The van der Waals surface area contributed by atoms with Gasteiger partial charge in [-0.05, 0) is 24.3 Å². The van der Waals surface area contributed by atoms with Crippen LogP contribution in [-0.2, 0) is 0 Å². The number of hydrogen-bond donors (Lipinski definition) is 2. The third kappa shape index (κ3) is 2.32. The maximum atomic E-state index is 11.2. The molecule has 7 nitrogen and oxygen atoms in total. The zero-order valence-corrected chi connectivity index (χ0v) is 10.7. The number of para-hydroxylation sites is 1. The fraction of sp³-hybridized carbons (Fsp3) is 0. The predicted octanol–water partition coefficient (Wildman–Crippen LogP) is 3.15. The summed E-state index contributed by atoms with van der Waals surface area (Å²) < 4.78 is 1.52. The minimum Gasteiger partial charge on any atom is -0.506 e. The monoisotopic (exact) mass is 282 g/mol. The number of hydrogen-bond acceptors (Lipinski definition) is 5. The number of phenols is 1. The van der Waals surface area contributed by atoms with E-state index in [1.165, 1.54) is 10.5 Å². The third-order valence-electron chi connectivity index (χ3n) is 2.84. The average molecular weight is 282 g/mol. The third-order valence-corrected chi connectivity index (χ3v) is 2.84. The first-order valence-electron chi connectivity index (χ1n) is 6.07. The van der Waals surface area contributed by atoms with Gasteiger partial charge in [-0.1, -0.05) is 18.2 Å². The molecule has 3 aromatic rings. The van der Waals surface area contributed by atoms with Crippen LogP contribution in [0.25, 0.3) is 5.65 Å². The average Bonchev–Trinajstić information content (AvgIpc) is 2.85. The minimum absolute atomic E-state index is 0.0352. The molecule has 2 N–H and O–H groups in total. The fourth-order valence-corrected chi connectivity index (χ4v) is 1.87. The number of benzene rings is 1. The lowest BCUT2D eigenvalue weighted by Crippen LogP contribution is -1.96. The van der Waals surface area contributed by atoms with Gasteiger partial charge in [0.1, 0.15) is 17.1 Å². The second-order valence-electron chi connectivity index (χ2n) is 4.21. The normalized spacial score (nSPS) is 11.2. The number of phenolic OH excluding ortho intramolecular Hbond substituents is 1. The molecule has 0 fully saturated rings. The summed E-state index contributed by atoms with van der Waals surface area (Å²) in [4.78, 5) is 15.2. The molecule has 0 aliphatic rings. The Kier molecular flexibility index (Phi) is 3.07. The van der Waals surface area contributed by atoms with Gasteiger partial charge in [0, 0.05) is 6.20 Å². The summed E-state index contributed by atoms with van der Waals surface area (Å²) in [7, 11) is 0. The van der Waals surface area contributed by atoms with Crippen molar-refractivity contribution >= 4 is 23.1 Å². The second-order valence-corrected chi connectivity index (χ2v) is 4.21. The molecule has 0 radical (unpaired) electrons. The number of imidazole rings is 1. The first-order valence-corrected chi connectivity index (χ1v) is 6.07. The molecule has 0 aliphatic carbocycles. The van der Waals surface area contributed by atoms with E-state index in [-0.39, 0.29) is 22.9 Å². The number of rotatable bonds is 3. The maximum Gasteiger partial charge on any atom is 0.358 e. The Balaban J connectivity index is 2.13. The summed E-state index contributed by atoms with van der Waals surface area (Å²) >= 11 is 0. The first kappa shape index (κ1) is 12.8. The molecule has 7 heteroatoms. The van der Waals surface area contributed by atoms with E-state index in [2.05, 4.69) is 15.2 Å². The van der Waals surface area contributed by atoms with Crippen molar-refractivity contribution < 1.29 is 15.0 Å². The largest absolute Gasteiger partial charge is 0.506 e.